The maximum absolute atomic E-state index is 9.12. The molecule has 2 aromatic rings. The second-order valence-corrected chi connectivity index (χ2v) is 6.07. The van der Waals surface area contributed by atoms with Gasteiger partial charge in [-0.2, -0.15) is 10.4 Å². The summed E-state index contributed by atoms with van der Waals surface area (Å²) in [6, 6.07) is 12.1. The molecule has 0 unspecified atom stereocenters. The summed E-state index contributed by atoms with van der Waals surface area (Å²) in [5.41, 5.74) is 3.17. The van der Waals surface area contributed by atoms with Crippen LogP contribution in [0, 0.1) is 11.3 Å². The highest BCUT2D eigenvalue weighted by molar-refractivity contribution is 5.32. The van der Waals surface area contributed by atoms with E-state index in [9.17, 15) is 0 Å². The Morgan fingerprint density at radius 2 is 2.09 bits per heavy atom. The van der Waals surface area contributed by atoms with Crippen molar-refractivity contribution in [1.82, 2.24) is 14.7 Å². The molecule has 5 nitrogen and oxygen atoms in total. The Hall–Kier alpha value is -2.16. The maximum atomic E-state index is 9.12. The largest absolute Gasteiger partial charge is 0.394 e. The van der Waals surface area contributed by atoms with Crippen molar-refractivity contribution in [3.05, 3.63) is 53.3 Å². The zero-order chi connectivity index (χ0) is 16.1. The highest BCUT2D eigenvalue weighted by Gasteiger charge is 2.23. The lowest BCUT2D eigenvalue weighted by Crippen LogP contribution is -2.33. The molecule has 1 aliphatic heterocycles. The fourth-order valence-electron chi connectivity index (χ4n) is 3.36. The van der Waals surface area contributed by atoms with E-state index in [1.54, 1.807) is 0 Å². The minimum Gasteiger partial charge on any atom is -0.394 e. The van der Waals surface area contributed by atoms with Gasteiger partial charge in [-0.3, -0.25) is 9.58 Å². The Kier molecular flexibility index (Phi) is 5.06. The van der Waals surface area contributed by atoms with Crippen LogP contribution in [0.25, 0.3) is 0 Å². The number of hydrogen-bond acceptors (Lipinski definition) is 4. The average molecular weight is 310 g/mol. The predicted molar refractivity (Wildman–Crippen MR) is 87.7 cm³/mol. The number of aliphatic hydroxyl groups is 1. The summed E-state index contributed by atoms with van der Waals surface area (Å²) in [5.74, 6) is 0.519. The number of likely N-dealkylation sites (tertiary alicyclic amines) is 1. The lowest BCUT2D eigenvalue weighted by molar-refractivity contribution is 0.199. The van der Waals surface area contributed by atoms with Crippen molar-refractivity contribution in [2.24, 2.45) is 0 Å². The molecule has 3 rings (SSSR count). The number of aromatic nitrogens is 2. The van der Waals surface area contributed by atoms with E-state index in [0.29, 0.717) is 12.5 Å². The molecule has 23 heavy (non-hydrogen) atoms. The minimum absolute atomic E-state index is 0.128. The van der Waals surface area contributed by atoms with Crippen molar-refractivity contribution in [3.63, 3.8) is 0 Å². The first-order valence-corrected chi connectivity index (χ1v) is 8.14. The first-order chi connectivity index (χ1) is 11.3. The van der Waals surface area contributed by atoms with Gasteiger partial charge >= 0.3 is 0 Å². The van der Waals surface area contributed by atoms with Crippen LogP contribution < -0.4 is 0 Å². The molecule has 2 heterocycles. The Bertz CT molecular complexity index is 680. The number of aliphatic hydroxyl groups excluding tert-OH is 1. The normalized spacial score (nSPS) is 16.3. The van der Waals surface area contributed by atoms with Gasteiger partial charge in [-0.25, -0.2) is 0 Å². The fraction of sp³-hybridized carbons (Fsp3) is 0.444. The van der Waals surface area contributed by atoms with E-state index < -0.39 is 0 Å². The zero-order valence-electron chi connectivity index (χ0n) is 13.2. The second-order valence-electron chi connectivity index (χ2n) is 6.07. The van der Waals surface area contributed by atoms with E-state index in [2.05, 4.69) is 28.2 Å². The van der Waals surface area contributed by atoms with Crippen LogP contribution in [0.15, 0.2) is 36.5 Å². The smallest absolute Gasteiger partial charge is 0.0991 e. The van der Waals surface area contributed by atoms with Crippen LogP contribution in [0.4, 0.5) is 0 Å². The fourth-order valence-corrected chi connectivity index (χ4v) is 3.36. The summed E-state index contributed by atoms with van der Waals surface area (Å²) < 4.78 is 1.93. The molecule has 0 bridgehead atoms. The third kappa shape index (κ3) is 3.79. The Labute approximate surface area is 136 Å². The quantitative estimate of drug-likeness (QED) is 0.919. The van der Waals surface area contributed by atoms with Crippen LogP contribution in [0.2, 0.25) is 0 Å². The van der Waals surface area contributed by atoms with Crippen LogP contribution in [0.3, 0.4) is 0 Å². The van der Waals surface area contributed by atoms with Gasteiger partial charge in [0.1, 0.15) is 0 Å². The molecule has 1 aromatic carbocycles. The van der Waals surface area contributed by atoms with Crippen LogP contribution >= 0.6 is 0 Å². The molecule has 1 aromatic heterocycles. The number of nitriles is 1. The number of rotatable bonds is 5. The molecule has 0 amide bonds. The third-order valence-corrected chi connectivity index (χ3v) is 4.53. The summed E-state index contributed by atoms with van der Waals surface area (Å²) in [4.78, 5) is 2.44. The molecule has 1 fully saturated rings. The Morgan fingerprint density at radius 3 is 2.83 bits per heavy atom. The lowest BCUT2D eigenvalue weighted by atomic mass is 9.93. The molecule has 5 heteroatoms. The first-order valence-electron chi connectivity index (χ1n) is 8.14. The van der Waals surface area contributed by atoms with Gasteiger partial charge < -0.3 is 5.11 Å². The highest BCUT2D eigenvalue weighted by atomic mass is 16.3. The van der Waals surface area contributed by atoms with Gasteiger partial charge in [0.15, 0.2) is 0 Å². The predicted octanol–water partition coefficient (Wildman–Crippen LogP) is 2.13. The van der Waals surface area contributed by atoms with Gasteiger partial charge in [-0.05, 0) is 49.7 Å². The molecule has 0 saturated carbocycles. The van der Waals surface area contributed by atoms with Gasteiger partial charge in [-0.15, -0.1) is 0 Å². The molecule has 0 radical (unpaired) electrons. The Balaban J connectivity index is 1.58. The standard InChI is InChI=1S/C18H22N4O/c19-13-15-2-1-3-16(12-15)14-21-8-5-17(6-9-21)18-4-7-20-22(18)10-11-23/h1-4,7,12,17,23H,5-6,8-11,14H2. The van der Waals surface area contributed by atoms with Crippen LogP contribution in [-0.2, 0) is 13.1 Å². The van der Waals surface area contributed by atoms with Crippen molar-refractivity contribution in [2.45, 2.75) is 31.8 Å². The minimum atomic E-state index is 0.128. The SMILES string of the molecule is N#Cc1cccc(CN2CCC(c3ccnn3CCO)CC2)c1. The molecular formula is C18H22N4O. The van der Waals surface area contributed by atoms with E-state index >= 15 is 0 Å². The van der Waals surface area contributed by atoms with Gasteiger partial charge in [0.25, 0.3) is 0 Å². The molecule has 0 atom stereocenters. The van der Waals surface area contributed by atoms with Crippen molar-refractivity contribution < 1.29 is 5.11 Å². The number of nitrogens with zero attached hydrogens (tertiary/aromatic N) is 4. The summed E-state index contributed by atoms with van der Waals surface area (Å²) >= 11 is 0. The van der Waals surface area contributed by atoms with E-state index in [0.717, 1.165) is 38.0 Å². The van der Waals surface area contributed by atoms with E-state index in [1.165, 1.54) is 11.3 Å². The van der Waals surface area contributed by atoms with Crippen molar-refractivity contribution in [2.75, 3.05) is 19.7 Å². The van der Waals surface area contributed by atoms with Crippen molar-refractivity contribution in [1.29, 1.82) is 5.26 Å². The van der Waals surface area contributed by atoms with Crippen LogP contribution in [0.1, 0.15) is 35.6 Å². The molecule has 0 spiro atoms. The summed E-state index contributed by atoms with van der Waals surface area (Å²) in [6.07, 6.45) is 4.04. The van der Waals surface area contributed by atoms with Crippen LogP contribution in [-0.4, -0.2) is 39.5 Å². The van der Waals surface area contributed by atoms with Gasteiger partial charge in [0.2, 0.25) is 0 Å². The number of benzene rings is 1. The molecule has 1 N–H and O–H groups in total. The zero-order valence-corrected chi connectivity index (χ0v) is 13.2. The third-order valence-electron chi connectivity index (χ3n) is 4.53. The maximum Gasteiger partial charge on any atom is 0.0991 e. The topological polar surface area (TPSA) is 65.1 Å². The summed E-state index contributed by atoms with van der Waals surface area (Å²) in [7, 11) is 0. The van der Waals surface area contributed by atoms with E-state index in [4.69, 9.17) is 10.4 Å². The Morgan fingerprint density at radius 1 is 1.26 bits per heavy atom. The molecular weight excluding hydrogens is 288 g/mol. The summed E-state index contributed by atoms with van der Waals surface area (Å²) in [6.45, 7) is 3.70. The first kappa shape index (κ1) is 15.7. The molecule has 1 saturated heterocycles. The van der Waals surface area contributed by atoms with Crippen molar-refractivity contribution in [3.8, 4) is 6.07 Å². The van der Waals surface area contributed by atoms with E-state index in [1.807, 2.05) is 29.1 Å². The highest BCUT2D eigenvalue weighted by Crippen LogP contribution is 2.28. The molecule has 0 aliphatic carbocycles. The molecule has 1 aliphatic rings. The van der Waals surface area contributed by atoms with Gasteiger partial charge in [0, 0.05) is 24.4 Å². The van der Waals surface area contributed by atoms with Crippen molar-refractivity contribution >= 4 is 0 Å². The second kappa shape index (κ2) is 7.40. The summed E-state index contributed by atoms with van der Waals surface area (Å²) in [5, 5.41) is 22.4. The van der Waals surface area contributed by atoms with E-state index in [-0.39, 0.29) is 6.61 Å². The monoisotopic (exact) mass is 310 g/mol. The van der Waals surface area contributed by atoms with Gasteiger partial charge in [0.05, 0.1) is 24.8 Å². The number of piperidine rings is 1. The lowest BCUT2D eigenvalue weighted by Gasteiger charge is -2.32. The van der Waals surface area contributed by atoms with Gasteiger partial charge in [-0.1, -0.05) is 12.1 Å². The number of hydrogen-bond donors (Lipinski definition) is 1. The molecule has 120 valence electrons. The van der Waals surface area contributed by atoms with Crippen LogP contribution in [0.5, 0.6) is 0 Å². The average Bonchev–Trinajstić information content (AvgIpc) is 3.04.